The number of aryl methyl sites for hydroxylation is 1. The molecule has 1 aliphatic heterocycles. The van der Waals surface area contributed by atoms with E-state index in [1.54, 1.807) is 81.4 Å². The molecule has 0 spiro atoms. The minimum atomic E-state index is -4.04. The van der Waals surface area contributed by atoms with Gasteiger partial charge in [-0.05, 0) is 111 Å². The summed E-state index contributed by atoms with van der Waals surface area (Å²) in [6.07, 6.45) is -1.97. The number of benzene rings is 1. The van der Waals surface area contributed by atoms with Crippen molar-refractivity contribution in [2.24, 2.45) is 82.3 Å². The van der Waals surface area contributed by atoms with Crippen LogP contribution in [0.15, 0.2) is 29.2 Å². The monoisotopic (exact) mass is 1530 g/mol. The molecule has 608 valence electrons. The maximum absolute atomic E-state index is 15.4. The Kier molecular flexibility index (Phi) is 39.7. The number of nitrogens with one attached hydrogen (secondary N) is 3. The summed E-state index contributed by atoms with van der Waals surface area (Å²) in [5.74, 6) is -16.7. The van der Waals surface area contributed by atoms with E-state index in [9.17, 15) is 51.9 Å². The van der Waals surface area contributed by atoms with Crippen LogP contribution < -0.4 is 16.0 Å². The zero-order valence-corrected chi connectivity index (χ0v) is 70.1. The number of Topliss-reactive ketones (excluding diaryl/α,β-unsaturated/α-hetero) is 5. The van der Waals surface area contributed by atoms with Crippen LogP contribution in [0.4, 0.5) is 0 Å². The van der Waals surface area contributed by atoms with Crippen molar-refractivity contribution in [1.82, 2.24) is 35.6 Å². The number of rotatable bonds is 26. The van der Waals surface area contributed by atoms with Gasteiger partial charge in [-0.25, -0.2) is 0 Å². The van der Waals surface area contributed by atoms with Crippen molar-refractivity contribution < 1.29 is 84.8 Å². The zero-order chi connectivity index (χ0) is 82.2. The molecule has 26 heteroatoms. The third kappa shape index (κ3) is 29.5. The minimum absolute atomic E-state index is 0.0101. The van der Waals surface area contributed by atoms with Gasteiger partial charge in [0.25, 0.3) is 10.1 Å². The Hall–Kier alpha value is -6.80. The quantitative estimate of drug-likeness (QED) is 0.0381. The Bertz CT molecular complexity index is 3290. The first-order chi connectivity index (χ1) is 49.5. The molecule has 4 N–H and O–H groups in total. The number of aliphatic hydroxyl groups is 1. The van der Waals surface area contributed by atoms with Crippen LogP contribution in [0.5, 0.6) is 0 Å². The Balaban J connectivity index is 2.99. The molecule has 107 heavy (non-hydrogen) atoms. The number of ketones is 5. The summed E-state index contributed by atoms with van der Waals surface area (Å²) in [6, 6.07) is -1.53. The average molecular weight is 1530 g/mol. The summed E-state index contributed by atoms with van der Waals surface area (Å²) < 4.78 is 36.1. The van der Waals surface area contributed by atoms with Gasteiger partial charge in [-0.2, -0.15) is 8.42 Å². The fourth-order valence-electron chi connectivity index (χ4n) is 14.4. The smallest absolute Gasteiger partial charge is 0.306 e. The zero-order valence-electron chi connectivity index (χ0n) is 69.3. The van der Waals surface area contributed by atoms with E-state index in [0.29, 0.717) is 19.3 Å². The summed E-state index contributed by atoms with van der Waals surface area (Å²) in [5, 5.41) is 20.6. The highest BCUT2D eigenvalue weighted by molar-refractivity contribution is 7.86. The highest BCUT2D eigenvalue weighted by Crippen LogP contribution is 2.37. The molecule has 1 aromatic carbocycles. The topological polar surface area (TPSA) is 344 Å². The summed E-state index contributed by atoms with van der Waals surface area (Å²) in [5.41, 5.74) is -0.362. The second-order valence-corrected chi connectivity index (χ2v) is 35.2. The number of carbonyl (C=O) groups is 13. The van der Waals surface area contributed by atoms with Gasteiger partial charge in [-0.1, -0.05) is 155 Å². The average Bonchev–Trinajstić information content (AvgIpc) is 0.823. The number of ether oxygens (including phenoxy) is 1. The predicted molar refractivity (Wildman–Crippen MR) is 411 cm³/mol. The number of hydrogen-bond acceptors (Lipinski definition) is 18. The van der Waals surface area contributed by atoms with Crippen LogP contribution in [0.25, 0.3) is 0 Å². The first-order valence-corrected chi connectivity index (χ1v) is 40.2. The van der Waals surface area contributed by atoms with Gasteiger partial charge in [0.05, 0.1) is 55.2 Å². The maximum Gasteiger partial charge on any atom is 0.306 e. The third-order valence-electron chi connectivity index (χ3n) is 21.2. The molecule has 2 rings (SSSR count). The number of unbranched alkanes of at least 4 members (excludes halogenated alkanes) is 2. The van der Waals surface area contributed by atoms with Crippen molar-refractivity contribution in [3.05, 3.63) is 29.8 Å². The predicted octanol–water partition coefficient (Wildman–Crippen LogP) is 9.32. The van der Waals surface area contributed by atoms with E-state index in [-0.39, 0.29) is 93.1 Å². The molecular formula is C81H135N7O18S. The fraction of sp³-hybridized carbons (Fsp3) is 0.765. The number of esters is 1. The lowest BCUT2D eigenvalue weighted by atomic mass is 9.70. The van der Waals surface area contributed by atoms with Crippen molar-refractivity contribution in [1.29, 1.82) is 0 Å². The van der Waals surface area contributed by atoms with Crippen molar-refractivity contribution in [3.63, 3.8) is 0 Å². The number of nitrogens with zero attached hydrogens (tertiary/aromatic N) is 4. The molecule has 1 saturated heterocycles. The minimum Gasteiger partial charge on any atom is -0.469 e. The van der Waals surface area contributed by atoms with E-state index in [1.165, 1.54) is 87.8 Å². The SMILES string of the molecule is CC[C@@H]1NC(=O)[C@H]([C@H](O)[C@H](C)CCCCCOS(=O)(=O)c2ccc(C)cc2)NC(=O)[C@H](C(C)C)N(C)C(=O)[C@H](CC(C)C)CC(=O)[C@H](CC(C)C)N(C)C(=O)[C@@H](C)NC(=O)[C@H](C)CC(=O)[C@H](CC(C)C)N(C)C(=O)[C@H](C(C)C)CC(=O)[C@H](C(C)(C)CN(C)C(=O)[C@@H](CC(=O)OC)C(C)C)CC(=O)[C@@H](C)CC1=O. The van der Waals surface area contributed by atoms with Crippen molar-refractivity contribution >= 4 is 86.4 Å². The first kappa shape index (κ1) is 96.3. The molecule has 7 amide bonds. The van der Waals surface area contributed by atoms with Gasteiger partial charge in [0.15, 0.2) is 17.3 Å². The van der Waals surface area contributed by atoms with E-state index in [4.69, 9.17) is 8.92 Å². The van der Waals surface area contributed by atoms with Crippen LogP contribution >= 0.6 is 0 Å². The van der Waals surface area contributed by atoms with Crippen molar-refractivity contribution in [3.8, 4) is 0 Å². The van der Waals surface area contributed by atoms with E-state index in [2.05, 4.69) is 16.0 Å². The Labute approximate surface area is 639 Å². The standard InChI is InChI=1S/C81H135N7O18S/c1-26-62-67(91)39-54(16)65(89)44-61(81(19,20)45-85(21)79(101)60(50(10)11)43-70(94)105-25)66(90)42-59(49(8)9)80(102)87(23)63(37-47(4)5)68(92)40-55(17)74(96)82-56(18)77(99)86(22)64(38-48(6)7)69(93)41-57(36-46(2)3)78(100)88(24)72(51(12)13)76(98)84-71(75(97)83-62)73(95)53(15)30-28-27-29-35-106-107(103,104)58-33-31-52(14)32-34-58/h31-34,46-51,53-57,59-64,71-73,95H,26-30,35-45H2,1-25H3,(H,82,96)(H,83,97)(H,84,98)/t53-,54+,55-,56-,57-,59+,60+,61-,62+,63+,64+,71+,72+,73-/m1/s1. The van der Waals surface area contributed by atoms with Crippen LogP contribution in [0.2, 0.25) is 0 Å². The number of amides is 7. The molecule has 1 aliphatic rings. The molecular weight excluding hydrogens is 1390 g/mol. The van der Waals surface area contributed by atoms with E-state index in [1.807, 2.05) is 48.5 Å². The highest BCUT2D eigenvalue weighted by atomic mass is 32.2. The summed E-state index contributed by atoms with van der Waals surface area (Å²) in [4.78, 5) is 196. The van der Waals surface area contributed by atoms with Crippen molar-refractivity contribution in [2.45, 2.75) is 276 Å². The van der Waals surface area contributed by atoms with Crippen LogP contribution in [-0.2, 0) is 81.4 Å². The summed E-state index contributed by atoms with van der Waals surface area (Å²) in [6.45, 7) is 34.5. The second kappa shape index (κ2) is 44.1. The molecule has 0 radical (unpaired) electrons. The molecule has 1 aromatic rings. The lowest BCUT2D eigenvalue weighted by Gasteiger charge is -2.39. The summed E-state index contributed by atoms with van der Waals surface area (Å²) >= 11 is 0. The fourth-order valence-corrected chi connectivity index (χ4v) is 15.3. The molecule has 1 heterocycles. The van der Waals surface area contributed by atoms with Gasteiger partial charge in [-0.3, -0.25) is 66.5 Å². The van der Waals surface area contributed by atoms with Gasteiger partial charge in [0, 0.05) is 96.4 Å². The normalized spacial score (nSPS) is 24.9. The molecule has 0 saturated carbocycles. The van der Waals surface area contributed by atoms with Crippen LogP contribution in [0.1, 0.15) is 227 Å². The first-order valence-electron chi connectivity index (χ1n) is 38.8. The maximum atomic E-state index is 15.4. The number of methoxy groups -OCH3 is 1. The second-order valence-electron chi connectivity index (χ2n) is 33.6. The van der Waals surface area contributed by atoms with E-state index in [0.717, 1.165) is 5.56 Å². The lowest BCUT2D eigenvalue weighted by Crippen LogP contribution is -2.61. The number of hydrogen-bond donors (Lipinski definition) is 4. The Morgan fingerprint density at radius 2 is 1.15 bits per heavy atom. The molecule has 1 fully saturated rings. The summed E-state index contributed by atoms with van der Waals surface area (Å²) in [7, 11) is 3.04. The highest BCUT2D eigenvalue weighted by Gasteiger charge is 2.46. The van der Waals surface area contributed by atoms with Gasteiger partial charge in [-0.15, -0.1) is 0 Å². The van der Waals surface area contributed by atoms with Crippen LogP contribution in [0, 0.1) is 89.3 Å². The Morgan fingerprint density at radius 1 is 0.617 bits per heavy atom. The lowest BCUT2D eigenvalue weighted by molar-refractivity contribution is -0.149. The molecule has 25 nitrogen and oxygen atoms in total. The number of aliphatic hydroxyl groups excluding tert-OH is 1. The van der Waals surface area contributed by atoms with Gasteiger partial charge < -0.3 is 45.4 Å². The van der Waals surface area contributed by atoms with Gasteiger partial charge in [0.1, 0.15) is 29.7 Å². The van der Waals surface area contributed by atoms with E-state index >= 15 is 24.0 Å². The van der Waals surface area contributed by atoms with Crippen LogP contribution in [-0.4, -0.2) is 200 Å². The van der Waals surface area contributed by atoms with Crippen LogP contribution in [0.3, 0.4) is 0 Å². The molecule has 0 aliphatic carbocycles. The third-order valence-corrected chi connectivity index (χ3v) is 22.6. The molecule has 0 aromatic heterocycles. The molecule has 0 unspecified atom stereocenters. The number of carbonyl (C=O) groups excluding carboxylic acids is 13. The van der Waals surface area contributed by atoms with Crippen molar-refractivity contribution in [2.75, 3.05) is 48.5 Å². The van der Waals surface area contributed by atoms with Gasteiger partial charge in [0.2, 0.25) is 41.4 Å². The largest absolute Gasteiger partial charge is 0.469 e. The van der Waals surface area contributed by atoms with Gasteiger partial charge >= 0.3 is 5.97 Å². The molecule has 14 atom stereocenters. The Morgan fingerprint density at radius 3 is 1.65 bits per heavy atom. The number of likely N-dealkylation sites (N-methyl/N-ethyl adjacent to an activating group) is 3. The van der Waals surface area contributed by atoms with E-state index < -0.39 is 207 Å². The molecule has 0 bridgehead atoms.